The molecule has 0 aliphatic rings. The Bertz CT molecular complexity index is 845. The predicted octanol–water partition coefficient (Wildman–Crippen LogP) is 5.01. The van der Waals surface area contributed by atoms with E-state index < -0.39 is 0 Å². The molecule has 6 heteroatoms. The Balaban J connectivity index is 1.61. The van der Waals surface area contributed by atoms with E-state index in [-0.39, 0.29) is 24.1 Å². The minimum atomic E-state index is -0.352. The molecule has 0 aliphatic carbocycles. The van der Waals surface area contributed by atoms with E-state index in [2.05, 4.69) is 21.2 Å². The molecule has 0 radical (unpaired) electrons. The van der Waals surface area contributed by atoms with Crippen molar-refractivity contribution in [2.24, 2.45) is 0 Å². The molecule has 4 nitrogen and oxygen atoms in total. The van der Waals surface area contributed by atoms with E-state index in [1.54, 1.807) is 18.2 Å². The predicted molar refractivity (Wildman–Crippen MR) is 91.5 cm³/mol. The lowest BCUT2D eigenvalue weighted by Gasteiger charge is -2.05. The summed E-state index contributed by atoms with van der Waals surface area (Å²) in [6, 6.07) is 16.2. The Kier molecular flexibility index (Phi) is 4.96. The molecular weight excluding hydrogens is 377 g/mol. The van der Waals surface area contributed by atoms with Gasteiger partial charge < -0.3 is 14.5 Å². The van der Waals surface area contributed by atoms with Crippen LogP contribution in [0.5, 0.6) is 5.75 Å². The van der Waals surface area contributed by atoms with E-state index in [1.807, 2.05) is 18.2 Å². The van der Waals surface area contributed by atoms with E-state index in [0.717, 1.165) is 4.47 Å². The fraction of sp³-hybridized carbons (Fsp3) is 0.0556. The number of para-hydroxylation sites is 1. The average Bonchev–Trinajstić information content (AvgIpc) is 3.06. The van der Waals surface area contributed by atoms with Crippen molar-refractivity contribution in [1.82, 2.24) is 0 Å². The standard InChI is InChI=1S/C18H13BrFNO3/c19-15-3-1-2-4-16(15)21-18(22)17-10-9-14(24-17)11-23-13-7-5-12(20)6-8-13/h1-10H,11H2,(H,21,22). The third-order valence-electron chi connectivity index (χ3n) is 3.20. The maximum Gasteiger partial charge on any atom is 0.291 e. The first kappa shape index (κ1) is 16.3. The molecule has 1 aromatic heterocycles. The van der Waals surface area contributed by atoms with Gasteiger partial charge in [-0.15, -0.1) is 0 Å². The number of ether oxygens (including phenoxy) is 1. The van der Waals surface area contributed by atoms with Crippen LogP contribution in [0.3, 0.4) is 0 Å². The summed E-state index contributed by atoms with van der Waals surface area (Å²) in [6.07, 6.45) is 0. The van der Waals surface area contributed by atoms with Crippen molar-refractivity contribution in [2.45, 2.75) is 6.61 Å². The van der Waals surface area contributed by atoms with Gasteiger partial charge >= 0.3 is 0 Å². The van der Waals surface area contributed by atoms with Crippen molar-refractivity contribution in [1.29, 1.82) is 0 Å². The molecule has 0 spiro atoms. The van der Waals surface area contributed by atoms with E-state index in [4.69, 9.17) is 9.15 Å². The minimum absolute atomic E-state index is 0.147. The second kappa shape index (κ2) is 7.31. The van der Waals surface area contributed by atoms with Crippen molar-refractivity contribution >= 4 is 27.5 Å². The lowest BCUT2D eigenvalue weighted by atomic mass is 10.3. The molecule has 3 aromatic rings. The first-order valence-electron chi connectivity index (χ1n) is 7.15. The largest absolute Gasteiger partial charge is 0.486 e. The van der Waals surface area contributed by atoms with Crippen molar-refractivity contribution in [2.75, 3.05) is 5.32 Å². The summed E-state index contributed by atoms with van der Waals surface area (Å²) in [4.78, 5) is 12.2. The zero-order valence-electron chi connectivity index (χ0n) is 12.5. The van der Waals surface area contributed by atoms with Crippen LogP contribution in [0.15, 0.2) is 69.6 Å². The highest BCUT2D eigenvalue weighted by Gasteiger charge is 2.13. The summed E-state index contributed by atoms with van der Waals surface area (Å²) >= 11 is 3.37. The van der Waals surface area contributed by atoms with Gasteiger partial charge in [-0.25, -0.2) is 4.39 Å². The first-order chi connectivity index (χ1) is 11.6. The van der Waals surface area contributed by atoms with Crippen molar-refractivity contribution in [3.8, 4) is 5.75 Å². The number of carbonyl (C=O) groups excluding carboxylic acids is 1. The zero-order valence-corrected chi connectivity index (χ0v) is 14.0. The third-order valence-corrected chi connectivity index (χ3v) is 3.89. The lowest BCUT2D eigenvalue weighted by molar-refractivity contribution is 0.0992. The second-order valence-electron chi connectivity index (χ2n) is 4.94. The van der Waals surface area contributed by atoms with E-state index in [9.17, 15) is 9.18 Å². The van der Waals surface area contributed by atoms with Gasteiger partial charge in [-0.05, 0) is 64.5 Å². The molecule has 0 aliphatic heterocycles. The second-order valence-corrected chi connectivity index (χ2v) is 5.80. The number of hydrogen-bond acceptors (Lipinski definition) is 3. The highest BCUT2D eigenvalue weighted by molar-refractivity contribution is 9.10. The fourth-order valence-corrected chi connectivity index (χ4v) is 2.39. The molecule has 0 unspecified atom stereocenters. The molecule has 0 atom stereocenters. The number of carbonyl (C=O) groups is 1. The third kappa shape index (κ3) is 4.02. The summed E-state index contributed by atoms with van der Waals surface area (Å²) in [5, 5.41) is 2.76. The number of furan rings is 1. The highest BCUT2D eigenvalue weighted by Crippen LogP contribution is 2.22. The lowest BCUT2D eigenvalue weighted by Crippen LogP contribution is -2.11. The van der Waals surface area contributed by atoms with Gasteiger partial charge in [0.15, 0.2) is 5.76 Å². The molecular formula is C18H13BrFNO3. The van der Waals surface area contributed by atoms with Gasteiger partial charge in [0.2, 0.25) is 0 Å². The Hall–Kier alpha value is -2.60. The summed E-state index contributed by atoms with van der Waals surface area (Å²) in [5.74, 6) is 0.522. The molecule has 0 saturated heterocycles. The minimum Gasteiger partial charge on any atom is -0.486 e. The summed E-state index contributed by atoms with van der Waals surface area (Å²) in [6.45, 7) is 0.147. The molecule has 1 N–H and O–H groups in total. The number of hydrogen-bond donors (Lipinski definition) is 1. The Morgan fingerprint density at radius 3 is 2.58 bits per heavy atom. The number of rotatable bonds is 5. The van der Waals surface area contributed by atoms with Gasteiger partial charge in [-0.3, -0.25) is 4.79 Å². The van der Waals surface area contributed by atoms with E-state index >= 15 is 0 Å². The molecule has 0 saturated carbocycles. The topological polar surface area (TPSA) is 51.5 Å². The smallest absolute Gasteiger partial charge is 0.291 e. The van der Waals surface area contributed by atoms with Crippen LogP contribution in [-0.4, -0.2) is 5.91 Å². The quantitative estimate of drug-likeness (QED) is 0.666. The monoisotopic (exact) mass is 389 g/mol. The fourth-order valence-electron chi connectivity index (χ4n) is 2.01. The van der Waals surface area contributed by atoms with Crippen molar-refractivity contribution in [3.63, 3.8) is 0 Å². The van der Waals surface area contributed by atoms with Crippen LogP contribution in [0.1, 0.15) is 16.3 Å². The van der Waals surface area contributed by atoms with Gasteiger partial charge in [-0.1, -0.05) is 12.1 Å². The molecule has 122 valence electrons. The Morgan fingerprint density at radius 1 is 1.08 bits per heavy atom. The average molecular weight is 390 g/mol. The van der Waals surface area contributed by atoms with Crippen molar-refractivity contribution in [3.05, 3.63) is 82.5 Å². The normalized spacial score (nSPS) is 10.4. The van der Waals surface area contributed by atoms with Gasteiger partial charge in [0, 0.05) is 4.47 Å². The summed E-state index contributed by atoms with van der Waals surface area (Å²) in [5.41, 5.74) is 0.656. The number of anilines is 1. The number of nitrogens with one attached hydrogen (secondary N) is 1. The molecule has 2 aromatic carbocycles. The summed E-state index contributed by atoms with van der Waals surface area (Å²) < 4.78 is 24.6. The van der Waals surface area contributed by atoms with Crippen LogP contribution in [0.2, 0.25) is 0 Å². The summed E-state index contributed by atoms with van der Waals surface area (Å²) in [7, 11) is 0. The van der Waals surface area contributed by atoms with Crippen LogP contribution in [0, 0.1) is 5.82 Å². The maximum absolute atomic E-state index is 12.8. The van der Waals surface area contributed by atoms with Crippen molar-refractivity contribution < 1.29 is 18.3 Å². The Labute approximate surface area is 146 Å². The number of amides is 1. The van der Waals surface area contributed by atoms with Gasteiger partial charge in [0.25, 0.3) is 5.91 Å². The van der Waals surface area contributed by atoms with Crippen LogP contribution in [0.4, 0.5) is 10.1 Å². The highest BCUT2D eigenvalue weighted by atomic mass is 79.9. The maximum atomic E-state index is 12.8. The van der Waals surface area contributed by atoms with E-state index in [0.29, 0.717) is 17.2 Å². The molecule has 3 rings (SSSR count). The van der Waals surface area contributed by atoms with Crippen LogP contribution in [-0.2, 0) is 6.61 Å². The first-order valence-corrected chi connectivity index (χ1v) is 7.94. The van der Waals surface area contributed by atoms with Gasteiger partial charge in [0.05, 0.1) is 5.69 Å². The Morgan fingerprint density at radius 2 is 1.83 bits per heavy atom. The molecule has 0 fully saturated rings. The van der Waals surface area contributed by atoms with Crippen LogP contribution >= 0.6 is 15.9 Å². The SMILES string of the molecule is O=C(Nc1ccccc1Br)c1ccc(COc2ccc(F)cc2)o1. The van der Waals surface area contributed by atoms with E-state index in [1.165, 1.54) is 24.3 Å². The van der Waals surface area contributed by atoms with Gasteiger partial charge in [0.1, 0.15) is 23.9 Å². The van der Waals surface area contributed by atoms with Crippen LogP contribution < -0.4 is 10.1 Å². The zero-order chi connectivity index (χ0) is 16.9. The van der Waals surface area contributed by atoms with Gasteiger partial charge in [-0.2, -0.15) is 0 Å². The molecule has 24 heavy (non-hydrogen) atoms. The number of halogens is 2. The molecule has 1 amide bonds. The molecule has 0 bridgehead atoms. The molecule has 1 heterocycles. The number of benzene rings is 2. The van der Waals surface area contributed by atoms with Crippen LogP contribution in [0.25, 0.3) is 0 Å².